The van der Waals surface area contributed by atoms with E-state index in [1.54, 1.807) is 12.1 Å². The number of primary sulfonamides is 1. The highest BCUT2D eigenvalue weighted by Gasteiger charge is 2.33. The van der Waals surface area contributed by atoms with Gasteiger partial charge in [-0.25, -0.2) is 18.5 Å². The molecule has 1 aromatic heterocycles. The molecule has 3 heterocycles. The van der Waals surface area contributed by atoms with Gasteiger partial charge in [-0.1, -0.05) is 6.07 Å². The van der Waals surface area contributed by atoms with Crippen LogP contribution in [0.4, 0.5) is 13.2 Å². The van der Waals surface area contributed by atoms with Gasteiger partial charge in [0.05, 0.1) is 5.56 Å². The van der Waals surface area contributed by atoms with E-state index < -0.39 is 21.8 Å². The Bertz CT molecular complexity index is 1070. The SMILES string of the molecule is NS(=O)(=O)c1ncccc1CC1CCN(CC2COc3ccc(C(F)(F)F)cc3O2)CC1. The largest absolute Gasteiger partial charge is 0.486 e. The molecular formula is C21H24F3N3O4S. The standard InChI is InChI=1S/C21H24F3N3O4S/c22-21(23,24)16-3-4-18-19(11-16)31-17(13-30-18)12-27-8-5-14(6-9-27)10-15-2-1-7-26-20(15)32(25,28)29/h1-4,7,11,14,17H,5-6,8-10,12-13H2,(H2,25,28,29). The minimum absolute atomic E-state index is 0.0768. The van der Waals surface area contributed by atoms with Crippen molar-refractivity contribution in [3.8, 4) is 11.5 Å². The number of ether oxygens (including phenoxy) is 2. The summed E-state index contributed by atoms with van der Waals surface area (Å²) in [4.78, 5) is 6.11. The highest BCUT2D eigenvalue weighted by molar-refractivity contribution is 7.89. The second-order valence-electron chi connectivity index (χ2n) is 8.17. The maximum Gasteiger partial charge on any atom is 0.416 e. The van der Waals surface area contributed by atoms with E-state index in [9.17, 15) is 21.6 Å². The van der Waals surface area contributed by atoms with Crippen LogP contribution in [0, 0.1) is 5.92 Å². The Morgan fingerprint density at radius 3 is 2.59 bits per heavy atom. The molecule has 4 rings (SSSR count). The zero-order valence-electron chi connectivity index (χ0n) is 17.2. The molecule has 0 spiro atoms. The number of pyridine rings is 1. The number of aromatic nitrogens is 1. The fraction of sp³-hybridized carbons (Fsp3) is 0.476. The summed E-state index contributed by atoms with van der Waals surface area (Å²) >= 11 is 0. The normalized spacial score (nSPS) is 20.3. The molecule has 0 bridgehead atoms. The number of nitrogens with two attached hydrogens (primary N) is 1. The van der Waals surface area contributed by atoms with E-state index in [0.717, 1.165) is 38.1 Å². The second-order valence-corrected chi connectivity index (χ2v) is 9.65. The predicted molar refractivity (Wildman–Crippen MR) is 110 cm³/mol. The first kappa shape index (κ1) is 22.8. The van der Waals surface area contributed by atoms with Crippen molar-refractivity contribution in [2.75, 3.05) is 26.2 Å². The van der Waals surface area contributed by atoms with E-state index in [1.807, 2.05) is 0 Å². The number of likely N-dealkylation sites (tertiary alicyclic amines) is 1. The fourth-order valence-electron chi connectivity index (χ4n) is 4.19. The number of rotatable bonds is 5. The molecule has 1 atom stereocenters. The van der Waals surface area contributed by atoms with Gasteiger partial charge in [-0.3, -0.25) is 4.90 Å². The molecular weight excluding hydrogens is 447 g/mol. The zero-order chi connectivity index (χ0) is 22.9. The second kappa shape index (κ2) is 8.87. The summed E-state index contributed by atoms with van der Waals surface area (Å²) in [6, 6.07) is 6.68. The molecule has 0 aliphatic carbocycles. The fourth-order valence-corrected chi connectivity index (χ4v) is 4.91. The minimum atomic E-state index is -4.44. The first-order chi connectivity index (χ1) is 15.1. The monoisotopic (exact) mass is 471 g/mol. The number of benzene rings is 1. The molecule has 174 valence electrons. The van der Waals surface area contributed by atoms with Gasteiger partial charge in [0.15, 0.2) is 16.5 Å². The lowest BCUT2D eigenvalue weighted by Gasteiger charge is -2.36. The van der Waals surface area contributed by atoms with Gasteiger partial charge in [-0.15, -0.1) is 0 Å². The van der Waals surface area contributed by atoms with Crippen LogP contribution >= 0.6 is 0 Å². The number of fused-ring (bicyclic) bond motifs is 1. The molecule has 0 saturated carbocycles. The molecule has 2 aliphatic rings. The third kappa shape index (κ3) is 5.33. The van der Waals surface area contributed by atoms with E-state index in [-0.39, 0.29) is 29.4 Å². The Kier molecular flexibility index (Phi) is 6.33. The van der Waals surface area contributed by atoms with Crippen molar-refractivity contribution >= 4 is 10.0 Å². The highest BCUT2D eigenvalue weighted by atomic mass is 32.2. The first-order valence-electron chi connectivity index (χ1n) is 10.3. The minimum Gasteiger partial charge on any atom is -0.486 e. The van der Waals surface area contributed by atoms with Gasteiger partial charge in [0.25, 0.3) is 10.0 Å². The molecule has 32 heavy (non-hydrogen) atoms. The maximum absolute atomic E-state index is 13.0. The van der Waals surface area contributed by atoms with Gasteiger partial charge in [0.1, 0.15) is 12.7 Å². The summed E-state index contributed by atoms with van der Waals surface area (Å²) in [5.74, 6) is 0.711. The maximum atomic E-state index is 13.0. The number of halogens is 3. The average molecular weight is 472 g/mol. The highest BCUT2D eigenvalue weighted by Crippen LogP contribution is 2.38. The Morgan fingerprint density at radius 2 is 1.91 bits per heavy atom. The first-order valence-corrected chi connectivity index (χ1v) is 11.8. The van der Waals surface area contributed by atoms with Gasteiger partial charge in [-0.2, -0.15) is 13.2 Å². The number of alkyl halides is 3. The third-order valence-electron chi connectivity index (χ3n) is 5.79. The Morgan fingerprint density at radius 1 is 1.16 bits per heavy atom. The van der Waals surface area contributed by atoms with E-state index >= 15 is 0 Å². The average Bonchev–Trinajstić information content (AvgIpc) is 2.74. The van der Waals surface area contributed by atoms with Crippen molar-refractivity contribution in [1.82, 2.24) is 9.88 Å². The van der Waals surface area contributed by atoms with Crippen LogP contribution in [0.5, 0.6) is 11.5 Å². The molecule has 0 radical (unpaired) electrons. The van der Waals surface area contributed by atoms with Gasteiger partial charge >= 0.3 is 6.18 Å². The van der Waals surface area contributed by atoms with Crippen molar-refractivity contribution in [3.05, 3.63) is 47.7 Å². The van der Waals surface area contributed by atoms with Crippen molar-refractivity contribution in [3.63, 3.8) is 0 Å². The summed E-state index contributed by atoms with van der Waals surface area (Å²) in [7, 11) is -3.87. The zero-order valence-corrected chi connectivity index (χ0v) is 18.0. The lowest BCUT2D eigenvalue weighted by Crippen LogP contribution is -2.44. The van der Waals surface area contributed by atoms with Gasteiger partial charge in [0.2, 0.25) is 0 Å². The molecule has 2 aromatic rings. The molecule has 1 aromatic carbocycles. The molecule has 1 unspecified atom stereocenters. The van der Waals surface area contributed by atoms with Crippen LogP contribution in [0.25, 0.3) is 0 Å². The molecule has 1 fully saturated rings. The molecule has 2 N–H and O–H groups in total. The lowest BCUT2D eigenvalue weighted by molar-refractivity contribution is -0.137. The number of hydrogen-bond acceptors (Lipinski definition) is 6. The van der Waals surface area contributed by atoms with E-state index in [4.69, 9.17) is 14.6 Å². The van der Waals surface area contributed by atoms with Gasteiger partial charge < -0.3 is 9.47 Å². The summed E-state index contributed by atoms with van der Waals surface area (Å²) in [6.45, 7) is 2.35. The van der Waals surface area contributed by atoms with Crippen LogP contribution in [0.2, 0.25) is 0 Å². The van der Waals surface area contributed by atoms with Crippen LogP contribution in [-0.2, 0) is 22.6 Å². The van der Waals surface area contributed by atoms with Crippen LogP contribution < -0.4 is 14.6 Å². The molecule has 11 heteroatoms. The van der Waals surface area contributed by atoms with E-state index in [2.05, 4.69) is 9.88 Å². The third-order valence-corrected chi connectivity index (χ3v) is 6.69. The quantitative estimate of drug-likeness (QED) is 0.721. The topological polar surface area (TPSA) is 94.8 Å². The Balaban J connectivity index is 1.32. The van der Waals surface area contributed by atoms with Crippen molar-refractivity contribution in [1.29, 1.82) is 0 Å². The van der Waals surface area contributed by atoms with Crippen LogP contribution in [0.15, 0.2) is 41.6 Å². The van der Waals surface area contributed by atoms with Crippen LogP contribution in [-0.4, -0.2) is 50.6 Å². The summed E-state index contributed by atoms with van der Waals surface area (Å²) in [6.07, 6.45) is -1.12. The Labute approximate surface area is 184 Å². The predicted octanol–water partition coefficient (Wildman–Crippen LogP) is 2.84. The van der Waals surface area contributed by atoms with E-state index in [0.29, 0.717) is 24.3 Å². The smallest absolute Gasteiger partial charge is 0.416 e. The van der Waals surface area contributed by atoms with Crippen LogP contribution in [0.3, 0.4) is 0 Å². The number of hydrogen-bond donors (Lipinski definition) is 1. The van der Waals surface area contributed by atoms with Gasteiger partial charge in [-0.05, 0) is 68.1 Å². The summed E-state index contributed by atoms with van der Waals surface area (Å²) in [5, 5.41) is 5.19. The molecule has 1 saturated heterocycles. The number of nitrogens with zero attached hydrogens (tertiary/aromatic N) is 2. The van der Waals surface area contributed by atoms with Crippen molar-refractivity contribution in [2.24, 2.45) is 11.1 Å². The summed E-state index contributed by atoms with van der Waals surface area (Å²) in [5.41, 5.74) is -0.148. The summed E-state index contributed by atoms with van der Waals surface area (Å²) < 4.78 is 73.8. The molecule has 7 nitrogen and oxygen atoms in total. The van der Waals surface area contributed by atoms with E-state index in [1.165, 1.54) is 12.3 Å². The Hall–Kier alpha value is -2.37. The number of piperidine rings is 1. The number of sulfonamides is 1. The molecule has 2 aliphatic heterocycles. The molecule has 0 amide bonds. The van der Waals surface area contributed by atoms with Gasteiger partial charge in [0, 0.05) is 12.7 Å². The van der Waals surface area contributed by atoms with Crippen molar-refractivity contribution < 1.29 is 31.1 Å². The lowest BCUT2D eigenvalue weighted by atomic mass is 9.90. The van der Waals surface area contributed by atoms with Crippen LogP contribution in [0.1, 0.15) is 24.0 Å². The van der Waals surface area contributed by atoms with Crippen molar-refractivity contribution in [2.45, 2.75) is 36.6 Å².